The Labute approximate surface area is 113 Å². The van der Waals surface area contributed by atoms with Gasteiger partial charge >= 0.3 is 0 Å². The standard InChI is InChI=1S/C15H19NO3/c1-9-10(2)13(19-6)11(7-12(9)18-5)14(17)15(3,4)8-16/h7H,1-6H3. The van der Waals surface area contributed by atoms with Crippen LogP contribution >= 0.6 is 0 Å². The van der Waals surface area contributed by atoms with E-state index in [1.807, 2.05) is 19.9 Å². The van der Waals surface area contributed by atoms with Gasteiger partial charge in [0.05, 0.1) is 25.9 Å². The van der Waals surface area contributed by atoms with Gasteiger partial charge in [-0.25, -0.2) is 0 Å². The number of methoxy groups -OCH3 is 2. The number of rotatable bonds is 4. The first-order valence-electron chi connectivity index (χ1n) is 5.98. The predicted octanol–water partition coefficient (Wildman–Crippen LogP) is 3.05. The highest BCUT2D eigenvalue weighted by molar-refractivity contribution is 6.04. The molecule has 0 radical (unpaired) electrons. The largest absolute Gasteiger partial charge is 0.496 e. The highest BCUT2D eigenvalue weighted by Gasteiger charge is 2.32. The molecule has 0 unspecified atom stereocenters. The fourth-order valence-electron chi connectivity index (χ4n) is 1.89. The van der Waals surface area contributed by atoms with Crippen molar-refractivity contribution in [3.63, 3.8) is 0 Å². The Balaban J connectivity index is 3.56. The van der Waals surface area contributed by atoms with Crippen molar-refractivity contribution in [3.8, 4) is 17.6 Å². The number of ketones is 1. The zero-order chi connectivity index (χ0) is 14.8. The third-order valence-electron chi connectivity index (χ3n) is 3.31. The second-order valence-corrected chi connectivity index (χ2v) is 4.98. The Hall–Kier alpha value is -2.02. The molecule has 0 heterocycles. The van der Waals surface area contributed by atoms with Gasteiger partial charge in [-0.3, -0.25) is 4.79 Å². The molecule has 0 bridgehead atoms. The van der Waals surface area contributed by atoms with Crippen molar-refractivity contribution in [2.75, 3.05) is 14.2 Å². The maximum Gasteiger partial charge on any atom is 0.186 e. The monoisotopic (exact) mass is 261 g/mol. The van der Waals surface area contributed by atoms with E-state index in [2.05, 4.69) is 0 Å². The van der Waals surface area contributed by atoms with E-state index in [4.69, 9.17) is 14.7 Å². The van der Waals surface area contributed by atoms with Gasteiger partial charge in [-0.15, -0.1) is 0 Å². The van der Waals surface area contributed by atoms with Crippen molar-refractivity contribution in [1.29, 1.82) is 5.26 Å². The molecular formula is C15H19NO3. The quantitative estimate of drug-likeness (QED) is 0.781. The van der Waals surface area contributed by atoms with Gasteiger partial charge in [0, 0.05) is 0 Å². The summed E-state index contributed by atoms with van der Waals surface area (Å²) in [6.07, 6.45) is 0. The molecule has 1 aromatic carbocycles. The number of carbonyl (C=O) groups is 1. The smallest absolute Gasteiger partial charge is 0.186 e. The fourth-order valence-corrected chi connectivity index (χ4v) is 1.89. The molecule has 19 heavy (non-hydrogen) atoms. The molecule has 1 rings (SSSR count). The summed E-state index contributed by atoms with van der Waals surface area (Å²) in [6.45, 7) is 6.96. The van der Waals surface area contributed by atoms with Gasteiger partial charge < -0.3 is 9.47 Å². The SMILES string of the molecule is COc1cc(C(=O)C(C)(C)C#N)c(OC)c(C)c1C. The lowest BCUT2D eigenvalue weighted by Gasteiger charge is -2.20. The summed E-state index contributed by atoms with van der Waals surface area (Å²) in [4.78, 5) is 12.5. The maximum absolute atomic E-state index is 12.5. The van der Waals surface area contributed by atoms with Gasteiger partial charge in [0.15, 0.2) is 5.78 Å². The molecule has 0 aliphatic heterocycles. The summed E-state index contributed by atoms with van der Waals surface area (Å²) in [5.41, 5.74) is 1.05. The number of benzene rings is 1. The molecule has 0 amide bonds. The van der Waals surface area contributed by atoms with E-state index in [0.29, 0.717) is 17.1 Å². The number of nitrogens with zero attached hydrogens (tertiary/aromatic N) is 1. The van der Waals surface area contributed by atoms with Gasteiger partial charge in [-0.2, -0.15) is 5.26 Å². The summed E-state index contributed by atoms with van der Waals surface area (Å²) in [5, 5.41) is 9.10. The summed E-state index contributed by atoms with van der Waals surface area (Å²) in [5.74, 6) is 0.857. The van der Waals surface area contributed by atoms with Gasteiger partial charge in [0.25, 0.3) is 0 Å². The summed E-state index contributed by atoms with van der Waals surface area (Å²) >= 11 is 0. The molecule has 0 spiro atoms. The van der Waals surface area contributed by atoms with Gasteiger partial charge in [0.1, 0.15) is 16.9 Å². The van der Waals surface area contributed by atoms with E-state index in [9.17, 15) is 4.79 Å². The number of Topliss-reactive ketones (excluding diaryl/α,β-unsaturated/α-hetero) is 1. The molecular weight excluding hydrogens is 242 g/mol. The first-order valence-corrected chi connectivity index (χ1v) is 5.98. The first kappa shape index (κ1) is 15.0. The first-order chi connectivity index (χ1) is 8.80. The average Bonchev–Trinajstić information content (AvgIpc) is 2.40. The van der Waals surface area contributed by atoms with Crippen LogP contribution in [0.2, 0.25) is 0 Å². The van der Waals surface area contributed by atoms with Crippen molar-refractivity contribution in [2.45, 2.75) is 27.7 Å². The molecule has 0 aromatic heterocycles. The number of nitriles is 1. The molecule has 102 valence electrons. The average molecular weight is 261 g/mol. The van der Waals surface area contributed by atoms with Crippen LogP contribution < -0.4 is 9.47 Å². The minimum absolute atomic E-state index is 0.270. The van der Waals surface area contributed by atoms with Crippen molar-refractivity contribution in [2.24, 2.45) is 5.41 Å². The van der Waals surface area contributed by atoms with Crippen LogP contribution in [-0.4, -0.2) is 20.0 Å². The van der Waals surface area contributed by atoms with E-state index in [0.717, 1.165) is 11.1 Å². The summed E-state index contributed by atoms with van der Waals surface area (Å²) in [7, 11) is 3.07. The predicted molar refractivity (Wildman–Crippen MR) is 72.7 cm³/mol. The van der Waals surface area contributed by atoms with Crippen molar-refractivity contribution in [3.05, 3.63) is 22.8 Å². The zero-order valence-electron chi connectivity index (χ0n) is 12.2. The second kappa shape index (κ2) is 5.31. The van der Waals surface area contributed by atoms with Gasteiger partial charge in [-0.1, -0.05) is 0 Å². The zero-order valence-corrected chi connectivity index (χ0v) is 12.2. The third kappa shape index (κ3) is 2.55. The molecule has 0 aliphatic carbocycles. The van der Waals surface area contributed by atoms with Gasteiger partial charge in [0.2, 0.25) is 0 Å². The Kier molecular flexibility index (Phi) is 4.21. The van der Waals surface area contributed by atoms with Crippen molar-refractivity contribution in [1.82, 2.24) is 0 Å². The molecule has 0 atom stereocenters. The molecule has 4 nitrogen and oxygen atoms in total. The van der Waals surface area contributed by atoms with Crippen LogP contribution in [0.25, 0.3) is 0 Å². The van der Waals surface area contributed by atoms with E-state index >= 15 is 0 Å². The molecule has 1 aromatic rings. The van der Waals surface area contributed by atoms with Crippen LogP contribution in [0.4, 0.5) is 0 Å². The Morgan fingerprint density at radius 3 is 2.21 bits per heavy atom. The summed E-state index contributed by atoms with van der Waals surface area (Å²) in [6, 6.07) is 3.66. The lowest BCUT2D eigenvalue weighted by molar-refractivity contribution is 0.0888. The van der Waals surface area contributed by atoms with E-state index in [1.54, 1.807) is 27.0 Å². The number of carbonyl (C=O) groups excluding carboxylic acids is 1. The molecule has 4 heteroatoms. The highest BCUT2D eigenvalue weighted by atomic mass is 16.5. The van der Waals surface area contributed by atoms with Crippen LogP contribution in [0.5, 0.6) is 11.5 Å². The molecule has 0 aliphatic rings. The second-order valence-electron chi connectivity index (χ2n) is 4.98. The Morgan fingerprint density at radius 1 is 1.21 bits per heavy atom. The lowest BCUT2D eigenvalue weighted by atomic mass is 9.84. The molecule has 0 fully saturated rings. The van der Waals surface area contributed by atoms with E-state index in [-0.39, 0.29) is 5.78 Å². The van der Waals surface area contributed by atoms with Crippen LogP contribution in [0.15, 0.2) is 6.07 Å². The third-order valence-corrected chi connectivity index (χ3v) is 3.31. The van der Waals surface area contributed by atoms with Crippen LogP contribution in [0.3, 0.4) is 0 Å². The lowest BCUT2D eigenvalue weighted by Crippen LogP contribution is -2.23. The van der Waals surface area contributed by atoms with Crippen LogP contribution in [0, 0.1) is 30.6 Å². The van der Waals surface area contributed by atoms with E-state index < -0.39 is 5.41 Å². The number of ether oxygens (including phenoxy) is 2. The Bertz CT molecular complexity index is 553. The molecule has 0 saturated heterocycles. The minimum atomic E-state index is -1.10. The topological polar surface area (TPSA) is 59.3 Å². The number of hydrogen-bond donors (Lipinski definition) is 0. The highest BCUT2D eigenvalue weighted by Crippen LogP contribution is 2.36. The maximum atomic E-state index is 12.5. The van der Waals surface area contributed by atoms with Gasteiger partial charge in [-0.05, 0) is 44.9 Å². The normalized spacial score (nSPS) is 10.8. The minimum Gasteiger partial charge on any atom is -0.496 e. The van der Waals surface area contributed by atoms with E-state index in [1.165, 1.54) is 7.11 Å². The van der Waals surface area contributed by atoms with Crippen molar-refractivity contribution < 1.29 is 14.3 Å². The fraction of sp³-hybridized carbons (Fsp3) is 0.467. The Morgan fingerprint density at radius 2 is 1.79 bits per heavy atom. The van der Waals surface area contributed by atoms with Crippen LogP contribution in [-0.2, 0) is 0 Å². The van der Waals surface area contributed by atoms with Crippen molar-refractivity contribution >= 4 is 5.78 Å². The number of hydrogen-bond acceptors (Lipinski definition) is 4. The summed E-state index contributed by atoms with van der Waals surface area (Å²) < 4.78 is 10.6. The molecule has 0 N–H and O–H groups in total. The molecule has 0 saturated carbocycles. The van der Waals surface area contributed by atoms with Crippen LogP contribution in [0.1, 0.15) is 35.3 Å².